The van der Waals surface area contributed by atoms with Crippen LogP contribution in [0.4, 0.5) is 69.7 Å². The molecule has 13 heteroatoms. The van der Waals surface area contributed by atoms with E-state index in [1.807, 2.05) is 0 Å². The highest BCUT2D eigenvalue weighted by Gasteiger charge is 2.41. The molecule has 0 saturated heterocycles. The van der Waals surface area contributed by atoms with Gasteiger partial charge in [-0.15, -0.1) is 0 Å². The van der Waals surface area contributed by atoms with Gasteiger partial charge in [0.05, 0.1) is 0 Å². The first-order valence-electron chi connectivity index (χ1n) is 12.8. The molecule has 1 nitrogen and oxygen atoms in total. The Hall–Kier alpha value is -3.38. The summed E-state index contributed by atoms with van der Waals surface area (Å²) in [5, 5.41) is 0. The number of nitrogens with zero attached hydrogens (tertiary/aromatic N) is 1. The van der Waals surface area contributed by atoms with Gasteiger partial charge in [0.15, 0.2) is 69.8 Å². The van der Waals surface area contributed by atoms with Crippen LogP contribution in [0, 0.1) is 69.8 Å². The van der Waals surface area contributed by atoms with E-state index in [2.05, 4.69) is 0 Å². The maximum absolute atomic E-state index is 16.0. The highest BCUT2D eigenvalue weighted by Crippen LogP contribution is 2.49. The number of hydrogen-bond acceptors (Lipinski definition) is 1. The minimum atomic E-state index is -2.67. The molecule has 3 rings (SSSR count). The van der Waals surface area contributed by atoms with E-state index in [0.717, 1.165) is 34.6 Å². The van der Waals surface area contributed by atoms with Crippen molar-refractivity contribution in [1.82, 2.24) is 0 Å². The summed E-state index contributed by atoms with van der Waals surface area (Å²) in [6, 6.07) is 0. The zero-order chi connectivity index (χ0) is 32.1. The Kier molecular flexibility index (Phi) is 9.53. The van der Waals surface area contributed by atoms with Gasteiger partial charge in [0.1, 0.15) is 17.1 Å². The number of hydrogen-bond donors (Lipinski definition) is 0. The Balaban J connectivity index is 2.71. The van der Waals surface area contributed by atoms with Crippen LogP contribution in [-0.2, 0) is 0 Å². The summed E-state index contributed by atoms with van der Waals surface area (Å²) in [5.74, 6) is -32.1. The second-order valence-electron chi connectivity index (χ2n) is 10.4. The van der Waals surface area contributed by atoms with Crippen molar-refractivity contribution in [3.63, 3.8) is 0 Å². The second kappa shape index (κ2) is 12.1. The van der Waals surface area contributed by atoms with E-state index in [-0.39, 0.29) is 12.8 Å². The van der Waals surface area contributed by atoms with Gasteiger partial charge in [0.2, 0.25) is 0 Å². The Morgan fingerprint density at radius 1 is 0.405 bits per heavy atom. The van der Waals surface area contributed by atoms with E-state index < -0.39 is 126 Å². The topological polar surface area (TPSA) is 3.24 Å². The fourth-order valence-corrected chi connectivity index (χ4v) is 4.86. The van der Waals surface area contributed by atoms with Crippen molar-refractivity contribution in [2.75, 3.05) is 4.90 Å². The third-order valence-electron chi connectivity index (χ3n) is 6.86. The molecule has 0 N–H and O–H groups in total. The molecule has 230 valence electrons. The monoisotopic (exact) mass is 615 g/mol. The quantitative estimate of drug-likeness (QED) is 0.138. The smallest absolute Gasteiger partial charge is 0.197 e. The lowest BCUT2D eigenvalue weighted by molar-refractivity contribution is 0.411. The molecule has 0 heterocycles. The van der Waals surface area contributed by atoms with Gasteiger partial charge < -0.3 is 0 Å². The lowest BCUT2D eigenvalue weighted by atomic mass is 9.93. The number of anilines is 3. The van der Waals surface area contributed by atoms with E-state index in [1.165, 1.54) is 0 Å². The van der Waals surface area contributed by atoms with Gasteiger partial charge in [-0.25, -0.2) is 52.7 Å². The third kappa shape index (κ3) is 5.08. The van der Waals surface area contributed by atoms with Crippen LogP contribution in [0.15, 0.2) is 0 Å². The van der Waals surface area contributed by atoms with Gasteiger partial charge in [0.25, 0.3) is 0 Å². The van der Waals surface area contributed by atoms with Crippen molar-refractivity contribution >= 4 is 17.1 Å². The standard InChI is InChI=1S/C29H25F12N/c1-7-8-11(6)14-19(34)21(36)26(41)27(20(14)35)42(28-22(37)15(30)12(9(2)3)16(31)23(28)38)29-24(39)17(32)13(10(4)5)18(33)25(29)40/h9-11H,7-8H2,1-6H3. The minimum Gasteiger partial charge on any atom is -0.294 e. The average Bonchev–Trinajstić information content (AvgIpc) is 2.89. The van der Waals surface area contributed by atoms with Crippen molar-refractivity contribution in [2.24, 2.45) is 0 Å². The zero-order valence-corrected chi connectivity index (χ0v) is 23.1. The third-order valence-corrected chi connectivity index (χ3v) is 6.86. The molecule has 42 heavy (non-hydrogen) atoms. The number of benzene rings is 3. The largest absolute Gasteiger partial charge is 0.294 e. The highest BCUT2D eigenvalue weighted by molar-refractivity contribution is 5.80. The molecule has 3 aromatic rings. The van der Waals surface area contributed by atoms with Crippen molar-refractivity contribution < 1.29 is 52.7 Å². The average molecular weight is 616 g/mol. The van der Waals surface area contributed by atoms with Gasteiger partial charge in [0, 0.05) is 16.7 Å². The van der Waals surface area contributed by atoms with Gasteiger partial charge in [-0.2, -0.15) is 0 Å². The summed E-state index contributed by atoms with van der Waals surface area (Å²) in [5.41, 5.74) is -10.5. The Labute approximate surface area is 233 Å². The fraction of sp³-hybridized carbons (Fsp3) is 0.379. The van der Waals surface area contributed by atoms with Crippen LogP contribution in [0.25, 0.3) is 0 Å². The van der Waals surface area contributed by atoms with Gasteiger partial charge in [-0.3, -0.25) is 4.90 Å². The second-order valence-corrected chi connectivity index (χ2v) is 10.4. The van der Waals surface area contributed by atoms with E-state index >= 15 is 43.9 Å². The molecule has 0 fully saturated rings. The Bertz CT molecular complexity index is 1410. The van der Waals surface area contributed by atoms with E-state index in [0.29, 0.717) is 0 Å². The van der Waals surface area contributed by atoms with Gasteiger partial charge >= 0.3 is 0 Å². The lowest BCUT2D eigenvalue weighted by Crippen LogP contribution is -2.25. The molecule has 0 radical (unpaired) electrons. The van der Waals surface area contributed by atoms with Crippen LogP contribution < -0.4 is 4.90 Å². The molecule has 1 unspecified atom stereocenters. The van der Waals surface area contributed by atoms with Crippen LogP contribution >= 0.6 is 0 Å². The lowest BCUT2D eigenvalue weighted by Gasteiger charge is -2.30. The molecule has 0 saturated carbocycles. The molecule has 0 aromatic heterocycles. The molecule has 0 aliphatic carbocycles. The van der Waals surface area contributed by atoms with E-state index in [9.17, 15) is 8.78 Å². The highest BCUT2D eigenvalue weighted by atomic mass is 19.2. The van der Waals surface area contributed by atoms with Crippen molar-refractivity contribution in [2.45, 2.75) is 72.1 Å². The molecule has 0 aliphatic rings. The summed E-state index contributed by atoms with van der Waals surface area (Å²) in [6.45, 7) is 7.07. The molecule has 1 atom stereocenters. The molecule has 3 aromatic carbocycles. The SMILES string of the molecule is CCCC(C)c1c(F)c(F)c(F)c(N(c2c(F)c(F)c(C(C)C)c(F)c2F)c2c(F)c(F)c(C(C)C)c(F)c2F)c1F. The summed E-state index contributed by atoms with van der Waals surface area (Å²) < 4.78 is 183. The number of rotatable bonds is 8. The molecular weight excluding hydrogens is 590 g/mol. The van der Waals surface area contributed by atoms with Crippen molar-refractivity contribution in [3.05, 3.63) is 86.5 Å². The predicted octanol–water partition coefficient (Wildman–Crippen LogP) is 11.0. The first-order valence-corrected chi connectivity index (χ1v) is 12.8. The Morgan fingerprint density at radius 3 is 1.00 bits per heavy atom. The fourth-order valence-electron chi connectivity index (χ4n) is 4.86. The van der Waals surface area contributed by atoms with Crippen LogP contribution in [0.2, 0.25) is 0 Å². The summed E-state index contributed by atoms with van der Waals surface area (Å²) in [6.07, 6.45) is 0.118. The maximum atomic E-state index is 16.0. The number of halogens is 12. The van der Waals surface area contributed by atoms with E-state index in [1.54, 1.807) is 6.92 Å². The Morgan fingerprint density at radius 2 is 0.690 bits per heavy atom. The summed E-state index contributed by atoms with van der Waals surface area (Å²) >= 11 is 0. The van der Waals surface area contributed by atoms with Crippen LogP contribution in [0.3, 0.4) is 0 Å². The zero-order valence-electron chi connectivity index (χ0n) is 23.1. The molecule has 0 aliphatic heterocycles. The first kappa shape index (κ1) is 33.1. The summed E-state index contributed by atoms with van der Waals surface area (Å²) in [7, 11) is 0. The molecular formula is C29H25F12N. The first-order chi connectivity index (χ1) is 19.4. The van der Waals surface area contributed by atoms with Crippen molar-refractivity contribution in [1.29, 1.82) is 0 Å². The van der Waals surface area contributed by atoms with Gasteiger partial charge in [-0.05, 0) is 24.2 Å². The summed E-state index contributed by atoms with van der Waals surface area (Å²) in [4.78, 5) is -0.892. The van der Waals surface area contributed by atoms with Crippen LogP contribution in [-0.4, -0.2) is 0 Å². The molecule has 0 amide bonds. The van der Waals surface area contributed by atoms with Crippen molar-refractivity contribution in [3.8, 4) is 0 Å². The van der Waals surface area contributed by atoms with E-state index in [4.69, 9.17) is 0 Å². The predicted molar refractivity (Wildman–Crippen MR) is 132 cm³/mol. The molecule has 0 bridgehead atoms. The normalized spacial score (nSPS) is 12.6. The maximum Gasteiger partial charge on any atom is 0.197 e. The van der Waals surface area contributed by atoms with Gasteiger partial charge in [-0.1, -0.05) is 48.0 Å². The minimum absolute atomic E-state index is 0.0948. The molecule has 0 spiro atoms. The van der Waals surface area contributed by atoms with Crippen LogP contribution in [0.5, 0.6) is 0 Å². The van der Waals surface area contributed by atoms with Crippen LogP contribution in [0.1, 0.15) is 88.8 Å².